The van der Waals surface area contributed by atoms with Crippen LogP contribution in [0.15, 0.2) is 78.4 Å². The third kappa shape index (κ3) is 6.01. The minimum atomic E-state index is -0.748. The van der Waals surface area contributed by atoms with Crippen LogP contribution < -0.4 is 4.74 Å². The second-order valence-corrected chi connectivity index (χ2v) is 10.2. The van der Waals surface area contributed by atoms with Crippen LogP contribution in [0.2, 0.25) is 5.02 Å². The molecule has 1 unspecified atom stereocenters. The van der Waals surface area contributed by atoms with E-state index in [9.17, 15) is 14.7 Å². The molecule has 2 aliphatic heterocycles. The van der Waals surface area contributed by atoms with Gasteiger partial charge in [0.2, 0.25) is 0 Å². The van der Waals surface area contributed by atoms with Gasteiger partial charge in [-0.1, -0.05) is 48.0 Å². The van der Waals surface area contributed by atoms with Crippen LogP contribution in [0.25, 0.3) is 5.76 Å². The first-order valence-electron chi connectivity index (χ1n) is 13.0. The van der Waals surface area contributed by atoms with Crippen LogP contribution in [0.3, 0.4) is 0 Å². The average molecular weight is 547 g/mol. The van der Waals surface area contributed by atoms with E-state index in [0.717, 1.165) is 24.2 Å². The molecule has 8 heteroatoms. The lowest BCUT2D eigenvalue weighted by molar-refractivity contribution is -0.140. The molecular weight excluding hydrogens is 516 g/mol. The van der Waals surface area contributed by atoms with Gasteiger partial charge in [0.05, 0.1) is 24.8 Å². The van der Waals surface area contributed by atoms with Crippen molar-refractivity contribution in [1.82, 2.24) is 9.80 Å². The molecule has 0 bridgehead atoms. The number of hydrogen-bond donors (Lipinski definition) is 1. The zero-order chi connectivity index (χ0) is 27.4. The number of halogens is 1. The van der Waals surface area contributed by atoms with Crippen LogP contribution in [0.5, 0.6) is 5.75 Å². The number of aryl methyl sites for hydroxylation is 1. The fraction of sp³-hybridized carbons (Fsp3) is 0.290. The molecule has 2 saturated heterocycles. The van der Waals surface area contributed by atoms with Gasteiger partial charge in [0, 0.05) is 36.8 Å². The van der Waals surface area contributed by atoms with Crippen molar-refractivity contribution in [3.8, 4) is 5.75 Å². The summed E-state index contributed by atoms with van der Waals surface area (Å²) in [7, 11) is 0. The van der Waals surface area contributed by atoms with E-state index in [0.29, 0.717) is 54.8 Å². The summed E-state index contributed by atoms with van der Waals surface area (Å²) in [5, 5.41) is 11.8. The Balaban J connectivity index is 1.42. The molecule has 39 heavy (non-hydrogen) atoms. The molecular formula is C31H31ClN2O5. The first-order chi connectivity index (χ1) is 18.9. The van der Waals surface area contributed by atoms with Crippen LogP contribution in [0, 0.1) is 6.92 Å². The number of aliphatic hydroxyl groups excluding tert-OH is 1. The molecule has 2 aliphatic rings. The van der Waals surface area contributed by atoms with Gasteiger partial charge in [-0.15, -0.1) is 0 Å². The zero-order valence-corrected chi connectivity index (χ0v) is 22.6. The summed E-state index contributed by atoms with van der Waals surface area (Å²) < 4.78 is 11.3. The number of carbonyl (C=O) groups excluding carboxylic acids is 2. The Bertz CT molecular complexity index is 1380. The van der Waals surface area contributed by atoms with Crippen LogP contribution in [-0.4, -0.2) is 66.0 Å². The second kappa shape index (κ2) is 12.0. The van der Waals surface area contributed by atoms with E-state index in [-0.39, 0.29) is 11.3 Å². The molecule has 1 atom stereocenters. The van der Waals surface area contributed by atoms with Crippen molar-refractivity contribution >= 4 is 29.1 Å². The molecule has 0 spiro atoms. The Labute approximate surface area is 233 Å². The number of likely N-dealkylation sites (tertiary alicyclic amines) is 1. The fourth-order valence-corrected chi connectivity index (χ4v) is 5.20. The van der Waals surface area contributed by atoms with Gasteiger partial charge in [0.25, 0.3) is 11.7 Å². The number of ether oxygens (including phenoxy) is 2. The molecule has 0 saturated carbocycles. The number of nitrogens with zero attached hydrogens (tertiary/aromatic N) is 2. The number of hydrogen-bond acceptors (Lipinski definition) is 6. The molecule has 1 amide bonds. The average Bonchev–Trinajstić information content (AvgIpc) is 3.21. The van der Waals surface area contributed by atoms with Crippen LogP contribution in [0.1, 0.15) is 28.3 Å². The quantitative estimate of drug-likeness (QED) is 0.244. The number of benzene rings is 3. The largest absolute Gasteiger partial charge is 0.507 e. The molecule has 0 radical (unpaired) electrons. The van der Waals surface area contributed by atoms with Gasteiger partial charge in [0.1, 0.15) is 18.1 Å². The molecule has 0 aromatic heterocycles. The highest BCUT2D eigenvalue weighted by Gasteiger charge is 2.46. The van der Waals surface area contributed by atoms with Gasteiger partial charge in [-0.05, 0) is 60.0 Å². The SMILES string of the molecule is Cc1ccccc1COc1ccc(/C(O)=C2\C(=O)C(=O)N(CCN3CCOCC3)C2c2cccc(Cl)c2)cc1. The zero-order valence-electron chi connectivity index (χ0n) is 21.8. The first-order valence-corrected chi connectivity index (χ1v) is 13.4. The molecule has 2 fully saturated rings. The highest BCUT2D eigenvalue weighted by molar-refractivity contribution is 6.46. The molecule has 3 aromatic rings. The van der Waals surface area contributed by atoms with Crippen LogP contribution in [-0.2, 0) is 20.9 Å². The van der Waals surface area contributed by atoms with Gasteiger partial charge in [-0.2, -0.15) is 0 Å². The lowest BCUT2D eigenvalue weighted by atomic mass is 9.95. The maximum Gasteiger partial charge on any atom is 0.295 e. The summed E-state index contributed by atoms with van der Waals surface area (Å²) in [4.78, 5) is 30.3. The smallest absolute Gasteiger partial charge is 0.295 e. The molecule has 1 N–H and O–H groups in total. The molecule has 0 aliphatic carbocycles. The standard InChI is InChI=1S/C31H31ClN2O5/c1-21-5-2-3-6-24(21)20-39-26-11-9-22(10-12-26)29(35)27-28(23-7-4-8-25(32)19-23)34(31(37)30(27)36)14-13-33-15-17-38-18-16-33/h2-12,19,28,35H,13-18,20H2,1H3/b29-27+. The highest BCUT2D eigenvalue weighted by Crippen LogP contribution is 2.40. The van der Waals surface area contributed by atoms with Crippen molar-refractivity contribution in [3.63, 3.8) is 0 Å². The molecule has 2 heterocycles. The Morgan fingerprint density at radius 3 is 2.46 bits per heavy atom. The maximum absolute atomic E-state index is 13.3. The molecule has 202 valence electrons. The second-order valence-electron chi connectivity index (χ2n) is 9.74. The van der Waals surface area contributed by atoms with E-state index >= 15 is 0 Å². The number of rotatable bonds is 8. The number of morpholine rings is 1. The van der Waals surface area contributed by atoms with E-state index in [1.807, 2.05) is 37.3 Å². The van der Waals surface area contributed by atoms with Crippen LogP contribution in [0.4, 0.5) is 0 Å². The number of Topliss-reactive ketones (excluding diaryl/α,β-unsaturated/α-hetero) is 1. The summed E-state index contributed by atoms with van der Waals surface area (Å²) in [6, 6.07) is 21.2. The number of aliphatic hydroxyl groups is 1. The van der Waals surface area contributed by atoms with Crippen molar-refractivity contribution in [2.75, 3.05) is 39.4 Å². The maximum atomic E-state index is 13.3. The molecule has 3 aromatic carbocycles. The van der Waals surface area contributed by atoms with Gasteiger partial charge < -0.3 is 19.5 Å². The topological polar surface area (TPSA) is 79.3 Å². The normalized spacial score (nSPS) is 19.4. The Kier molecular flexibility index (Phi) is 8.31. The van der Waals surface area contributed by atoms with Gasteiger partial charge in [0.15, 0.2) is 0 Å². The van der Waals surface area contributed by atoms with E-state index < -0.39 is 17.7 Å². The molecule has 7 nitrogen and oxygen atoms in total. The summed E-state index contributed by atoms with van der Waals surface area (Å²) in [6.45, 7) is 6.20. The first kappa shape index (κ1) is 26.9. The van der Waals surface area contributed by atoms with Crippen molar-refractivity contribution in [1.29, 1.82) is 0 Å². The Morgan fingerprint density at radius 1 is 1.00 bits per heavy atom. The predicted octanol–water partition coefficient (Wildman–Crippen LogP) is 4.98. The summed E-state index contributed by atoms with van der Waals surface area (Å²) in [6.07, 6.45) is 0. The van der Waals surface area contributed by atoms with Crippen molar-refractivity contribution in [2.45, 2.75) is 19.6 Å². The summed E-state index contributed by atoms with van der Waals surface area (Å²) in [5.41, 5.74) is 3.38. The number of ketones is 1. The highest BCUT2D eigenvalue weighted by atomic mass is 35.5. The van der Waals surface area contributed by atoms with E-state index in [4.69, 9.17) is 21.1 Å². The van der Waals surface area contributed by atoms with Crippen molar-refractivity contribution in [2.24, 2.45) is 0 Å². The number of amides is 1. The van der Waals surface area contributed by atoms with E-state index in [1.165, 1.54) is 4.90 Å². The third-order valence-corrected chi connectivity index (χ3v) is 7.48. The van der Waals surface area contributed by atoms with Gasteiger partial charge in [-0.3, -0.25) is 14.5 Å². The Hall–Kier alpha value is -3.65. The minimum absolute atomic E-state index is 0.0535. The van der Waals surface area contributed by atoms with Crippen molar-refractivity contribution in [3.05, 3.63) is 106 Å². The lowest BCUT2D eigenvalue weighted by Gasteiger charge is -2.31. The predicted molar refractivity (Wildman–Crippen MR) is 150 cm³/mol. The monoisotopic (exact) mass is 546 g/mol. The van der Waals surface area contributed by atoms with Gasteiger partial charge >= 0.3 is 0 Å². The van der Waals surface area contributed by atoms with Crippen molar-refractivity contribution < 1.29 is 24.2 Å². The van der Waals surface area contributed by atoms with Crippen LogP contribution >= 0.6 is 11.6 Å². The molecule has 5 rings (SSSR count). The van der Waals surface area contributed by atoms with E-state index in [1.54, 1.807) is 42.5 Å². The Morgan fingerprint density at radius 2 is 1.74 bits per heavy atom. The van der Waals surface area contributed by atoms with Gasteiger partial charge in [-0.25, -0.2) is 0 Å². The lowest BCUT2D eigenvalue weighted by Crippen LogP contribution is -2.42. The third-order valence-electron chi connectivity index (χ3n) is 7.25. The fourth-order valence-electron chi connectivity index (χ4n) is 5.01. The van der Waals surface area contributed by atoms with E-state index in [2.05, 4.69) is 4.90 Å². The summed E-state index contributed by atoms with van der Waals surface area (Å²) >= 11 is 6.29. The summed E-state index contributed by atoms with van der Waals surface area (Å²) in [5.74, 6) is -0.933. The number of carbonyl (C=O) groups is 2. The minimum Gasteiger partial charge on any atom is -0.507 e.